The molecule has 0 bridgehead atoms. The molecule has 0 saturated carbocycles. The maximum absolute atomic E-state index is 12.0. The molecule has 28 heavy (non-hydrogen) atoms. The molecule has 0 saturated heterocycles. The first-order valence-corrected chi connectivity index (χ1v) is 10.2. The number of hydrogen-bond acceptors (Lipinski definition) is 5. The summed E-state index contributed by atoms with van der Waals surface area (Å²) in [6.45, 7) is -0.403. The van der Waals surface area contributed by atoms with E-state index in [1.807, 2.05) is 65.6 Å². The van der Waals surface area contributed by atoms with E-state index in [0.717, 1.165) is 17.1 Å². The van der Waals surface area contributed by atoms with Gasteiger partial charge in [0.05, 0.1) is 5.56 Å². The Kier molecular flexibility index (Phi) is 6.08. The first-order valence-electron chi connectivity index (χ1n) is 8.57. The maximum atomic E-state index is 12.0. The van der Waals surface area contributed by atoms with Crippen LogP contribution in [0.3, 0.4) is 0 Å². The highest BCUT2D eigenvalue weighted by Crippen LogP contribution is 2.34. The van der Waals surface area contributed by atoms with Gasteiger partial charge >= 0.3 is 5.97 Å². The second-order valence-corrected chi connectivity index (χ2v) is 7.55. The molecule has 3 rings (SSSR count). The van der Waals surface area contributed by atoms with Crippen molar-refractivity contribution >= 4 is 33.1 Å². The van der Waals surface area contributed by atoms with Crippen molar-refractivity contribution in [3.63, 3.8) is 0 Å². The predicted octanol–water partition coefficient (Wildman–Crippen LogP) is 4.20. The summed E-state index contributed by atoms with van der Waals surface area (Å²) in [5.41, 5.74) is 3.08. The van der Waals surface area contributed by atoms with Gasteiger partial charge in [-0.1, -0.05) is 36.4 Å². The predicted molar refractivity (Wildman–Crippen MR) is 108 cm³/mol. The van der Waals surface area contributed by atoms with Gasteiger partial charge in [-0.25, -0.2) is 4.79 Å². The molecule has 6 nitrogen and oxygen atoms in total. The molecule has 0 heterocycles. The number of carbonyl (C=O) groups is 1. The van der Waals surface area contributed by atoms with Crippen molar-refractivity contribution < 1.29 is 22.5 Å². The average molecular weight is 397 g/mol. The minimum atomic E-state index is -4.17. The molecule has 0 aliphatic carbocycles. The van der Waals surface area contributed by atoms with Crippen LogP contribution in [0.1, 0.15) is 10.4 Å². The Balaban J connectivity index is 1.82. The number of anilines is 3. The molecule has 7 heteroatoms. The van der Waals surface area contributed by atoms with Gasteiger partial charge in [-0.3, -0.25) is 4.55 Å². The molecule has 1 N–H and O–H groups in total. The van der Waals surface area contributed by atoms with Crippen LogP contribution in [0.15, 0.2) is 84.9 Å². The fourth-order valence-electron chi connectivity index (χ4n) is 2.67. The molecular weight excluding hydrogens is 378 g/mol. The van der Waals surface area contributed by atoms with E-state index >= 15 is 0 Å². The number of benzene rings is 3. The van der Waals surface area contributed by atoms with Gasteiger partial charge in [0.25, 0.3) is 10.1 Å². The Morgan fingerprint density at radius 2 is 1.25 bits per heavy atom. The number of para-hydroxylation sites is 2. The van der Waals surface area contributed by atoms with E-state index in [2.05, 4.69) is 0 Å². The Hall–Kier alpha value is -3.16. The van der Waals surface area contributed by atoms with Gasteiger partial charge in [0.1, 0.15) is 12.4 Å². The third-order valence-corrected chi connectivity index (χ3v) is 4.65. The summed E-state index contributed by atoms with van der Waals surface area (Å²) in [7, 11) is -4.17. The molecule has 0 aliphatic heterocycles. The second-order valence-electron chi connectivity index (χ2n) is 5.98. The fourth-order valence-corrected chi connectivity index (χ4v) is 2.96. The van der Waals surface area contributed by atoms with Crippen LogP contribution in [0.25, 0.3) is 0 Å². The molecular formula is C21H19NO5S. The quantitative estimate of drug-likeness (QED) is 0.475. The molecule has 0 spiro atoms. The zero-order valence-corrected chi connectivity index (χ0v) is 15.7. The molecule has 3 aromatic carbocycles. The Labute approximate surface area is 163 Å². The molecule has 0 unspecified atom stereocenters. The minimum Gasteiger partial charge on any atom is -0.461 e. The monoisotopic (exact) mass is 397 g/mol. The number of nitrogens with zero attached hydrogens (tertiary/aromatic N) is 1. The van der Waals surface area contributed by atoms with Crippen LogP contribution in [0.5, 0.6) is 0 Å². The summed E-state index contributed by atoms with van der Waals surface area (Å²) < 4.78 is 35.0. The van der Waals surface area contributed by atoms with Crippen molar-refractivity contribution in [3.05, 3.63) is 90.5 Å². The van der Waals surface area contributed by atoms with Crippen LogP contribution in [-0.2, 0) is 14.9 Å². The lowest BCUT2D eigenvalue weighted by atomic mass is 10.1. The summed E-state index contributed by atoms with van der Waals surface area (Å²) in [6, 6.07) is 26.5. The van der Waals surface area contributed by atoms with Crippen molar-refractivity contribution in [3.8, 4) is 0 Å². The largest absolute Gasteiger partial charge is 0.461 e. The standard InChI is InChI=1S/C21H19NO5S/c23-21(27-15-16-28(24,25)26)17-11-13-20(14-12-17)22(18-7-3-1-4-8-18)19-9-5-2-6-10-19/h1-14H,15-16H2,(H,24,25,26). The Bertz CT molecular complexity index is 980. The minimum absolute atomic E-state index is 0.292. The number of ether oxygens (including phenoxy) is 1. The second kappa shape index (κ2) is 8.69. The van der Waals surface area contributed by atoms with Crippen LogP contribution in [-0.4, -0.2) is 31.3 Å². The van der Waals surface area contributed by atoms with Crippen molar-refractivity contribution in [2.45, 2.75) is 0 Å². The van der Waals surface area contributed by atoms with Crippen LogP contribution in [0.2, 0.25) is 0 Å². The first-order chi connectivity index (χ1) is 13.4. The lowest BCUT2D eigenvalue weighted by molar-refractivity contribution is 0.0528. The third-order valence-electron chi connectivity index (χ3n) is 3.96. The summed E-state index contributed by atoms with van der Waals surface area (Å²) in [5.74, 6) is -1.28. The van der Waals surface area contributed by atoms with E-state index in [9.17, 15) is 13.2 Å². The number of esters is 1. The molecule has 0 atom stereocenters. The molecule has 0 aromatic heterocycles. The lowest BCUT2D eigenvalue weighted by Crippen LogP contribution is -2.15. The van der Waals surface area contributed by atoms with Crippen molar-refractivity contribution in [2.75, 3.05) is 17.3 Å². The SMILES string of the molecule is O=C(OCCS(=O)(=O)O)c1ccc(N(c2ccccc2)c2ccccc2)cc1. The van der Waals surface area contributed by atoms with Gasteiger partial charge in [-0.2, -0.15) is 8.42 Å². The topological polar surface area (TPSA) is 83.9 Å². The van der Waals surface area contributed by atoms with Gasteiger partial charge in [0.15, 0.2) is 0 Å². The third kappa shape index (κ3) is 5.18. The maximum Gasteiger partial charge on any atom is 0.338 e. The highest BCUT2D eigenvalue weighted by Gasteiger charge is 2.14. The zero-order chi connectivity index (χ0) is 20.0. The van der Waals surface area contributed by atoms with Crippen LogP contribution < -0.4 is 4.90 Å². The fraction of sp³-hybridized carbons (Fsp3) is 0.0952. The summed E-state index contributed by atoms with van der Waals surface area (Å²) in [6.07, 6.45) is 0. The van der Waals surface area contributed by atoms with Crippen LogP contribution >= 0.6 is 0 Å². The normalized spacial score (nSPS) is 11.0. The van der Waals surface area contributed by atoms with Gasteiger partial charge in [0.2, 0.25) is 0 Å². The van der Waals surface area contributed by atoms with Crippen molar-refractivity contribution in [1.29, 1.82) is 0 Å². The highest BCUT2D eigenvalue weighted by atomic mass is 32.2. The van der Waals surface area contributed by atoms with E-state index in [4.69, 9.17) is 9.29 Å². The summed E-state index contributed by atoms with van der Waals surface area (Å²) in [5, 5.41) is 0. The van der Waals surface area contributed by atoms with E-state index in [1.165, 1.54) is 0 Å². The molecule has 0 fully saturated rings. The van der Waals surface area contributed by atoms with Gasteiger partial charge in [-0.05, 0) is 48.5 Å². The summed E-state index contributed by atoms with van der Waals surface area (Å²) >= 11 is 0. The Morgan fingerprint density at radius 3 is 1.71 bits per heavy atom. The lowest BCUT2D eigenvalue weighted by Gasteiger charge is -2.25. The molecule has 3 aromatic rings. The molecule has 0 radical (unpaired) electrons. The van der Waals surface area contributed by atoms with Crippen molar-refractivity contribution in [2.24, 2.45) is 0 Å². The van der Waals surface area contributed by atoms with E-state index in [-0.39, 0.29) is 0 Å². The summed E-state index contributed by atoms with van der Waals surface area (Å²) in [4.78, 5) is 14.1. The molecule has 0 aliphatic rings. The van der Waals surface area contributed by atoms with Gasteiger partial charge in [0, 0.05) is 17.1 Å². The van der Waals surface area contributed by atoms with Crippen molar-refractivity contribution in [1.82, 2.24) is 0 Å². The van der Waals surface area contributed by atoms with Gasteiger partial charge in [-0.15, -0.1) is 0 Å². The molecule has 0 amide bonds. The molecule has 144 valence electrons. The smallest absolute Gasteiger partial charge is 0.338 e. The van der Waals surface area contributed by atoms with Gasteiger partial charge < -0.3 is 9.64 Å². The average Bonchev–Trinajstić information content (AvgIpc) is 2.69. The Morgan fingerprint density at radius 1 is 0.786 bits per heavy atom. The number of carbonyl (C=O) groups excluding carboxylic acids is 1. The van der Waals surface area contributed by atoms with Crippen LogP contribution in [0, 0.1) is 0 Å². The number of hydrogen-bond donors (Lipinski definition) is 1. The highest BCUT2D eigenvalue weighted by molar-refractivity contribution is 7.85. The first kappa shape index (κ1) is 19.6. The van der Waals surface area contributed by atoms with Crippen LogP contribution in [0.4, 0.5) is 17.1 Å². The van der Waals surface area contributed by atoms with E-state index < -0.39 is 28.4 Å². The van der Waals surface area contributed by atoms with E-state index in [1.54, 1.807) is 24.3 Å². The van der Waals surface area contributed by atoms with E-state index in [0.29, 0.717) is 5.56 Å². The number of rotatable bonds is 7. The zero-order valence-electron chi connectivity index (χ0n) is 14.9.